The summed E-state index contributed by atoms with van der Waals surface area (Å²) in [5.74, 6) is 0. The zero-order valence-corrected chi connectivity index (χ0v) is 3.49. The van der Waals surface area contributed by atoms with Gasteiger partial charge in [0.1, 0.15) is 0 Å². The van der Waals surface area contributed by atoms with E-state index in [2.05, 4.69) is 5.32 Å². The summed E-state index contributed by atoms with van der Waals surface area (Å²) in [5, 5.41) is 3.14. The summed E-state index contributed by atoms with van der Waals surface area (Å²) in [6.07, 6.45) is 2.80. The average Bonchev–Trinajstić information content (AvgIpc) is 2.12. The molecule has 1 heteroatoms. The van der Waals surface area contributed by atoms with Gasteiger partial charge in [-0.2, -0.15) is 0 Å². The third-order valence-electron chi connectivity index (χ3n) is 0.986. The average molecular weight is 73.1 g/mol. The number of rotatable bonds is 1. The van der Waals surface area contributed by atoms with Gasteiger partial charge >= 0.3 is 0 Å². The van der Waals surface area contributed by atoms with Crippen LogP contribution in [0.4, 0.5) is 0 Å². The second kappa shape index (κ2) is 0.977. The van der Waals surface area contributed by atoms with Crippen molar-refractivity contribution in [1.82, 2.24) is 5.32 Å². The van der Waals surface area contributed by atoms with Gasteiger partial charge in [-0.25, -0.2) is 0 Å². The lowest BCUT2D eigenvalue weighted by Crippen LogP contribution is -2.06. The predicted molar refractivity (Wildman–Crippen MR) is 22.1 cm³/mol. The summed E-state index contributed by atoms with van der Waals surface area (Å²) in [6, 6.07) is 0.884. The van der Waals surface area contributed by atoms with E-state index in [1.54, 1.807) is 0 Å². The van der Waals surface area contributed by atoms with Crippen molar-refractivity contribution in [2.24, 2.45) is 0 Å². The van der Waals surface area contributed by atoms with E-state index < -0.39 is 0 Å². The molecule has 1 aliphatic rings. The SMILES string of the molecule is CN[13CH]1C[13CH2]1. The quantitative estimate of drug-likeness (QED) is 0.442. The standard InChI is InChI=1S/C4H9N/c1-5-4-2-3-4/h4-5H,2-3H2,1H3/i2+1,4+1. The number of hydrogen-bond acceptors (Lipinski definition) is 1. The van der Waals surface area contributed by atoms with Crippen LogP contribution in [0, 0.1) is 0 Å². The molecule has 30 valence electrons. The molecule has 1 saturated carbocycles. The lowest BCUT2D eigenvalue weighted by atomic mass is 11.2. The van der Waals surface area contributed by atoms with Crippen molar-refractivity contribution in [2.75, 3.05) is 7.05 Å². The normalized spacial score (nSPS) is 34.2. The molecule has 0 aromatic rings. The molecule has 0 amide bonds. The van der Waals surface area contributed by atoms with Crippen LogP contribution in [0.5, 0.6) is 0 Å². The summed E-state index contributed by atoms with van der Waals surface area (Å²) >= 11 is 0. The minimum absolute atomic E-state index is 0.884. The highest BCUT2D eigenvalue weighted by molar-refractivity contribution is 4.78. The van der Waals surface area contributed by atoms with Gasteiger partial charge in [-0.1, -0.05) is 0 Å². The van der Waals surface area contributed by atoms with Crippen molar-refractivity contribution in [3.63, 3.8) is 0 Å². The maximum absolute atomic E-state index is 3.14. The highest BCUT2D eigenvalue weighted by Gasteiger charge is 2.17. The molecule has 0 aromatic carbocycles. The van der Waals surface area contributed by atoms with Crippen LogP contribution < -0.4 is 5.32 Å². The van der Waals surface area contributed by atoms with Gasteiger partial charge in [-0.3, -0.25) is 0 Å². The van der Waals surface area contributed by atoms with Gasteiger partial charge in [0, 0.05) is 6.04 Å². The zero-order valence-electron chi connectivity index (χ0n) is 3.49. The van der Waals surface area contributed by atoms with Crippen molar-refractivity contribution >= 4 is 0 Å². The fraction of sp³-hybridized carbons (Fsp3) is 1.00. The van der Waals surface area contributed by atoms with Crippen LogP contribution in [-0.4, -0.2) is 13.1 Å². The minimum atomic E-state index is 0.884. The van der Waals surface area contributed by atoms with E-state index in [1.165, 1.54) is 12.8 Å². The topological polar surface area (TPSA) is 12.0 Å². The number of nitrogens with one attached hydrogen (secondary N) is 1. The van der Waals surface area contributed by atoms with Crippen LogP contribution in [0.3, 0.4) is 0 Å². The van der Waals surface area contributed by atoms with Crippen molar-refractivity contribution < 1.29 is 0 Å². The van der Waals surface area contributed by atoms with Crippen LogP contribution in [0.15, 0.2) is 0 Å². The first kappa shape index (κ1) is 3.16. The molecule has 1 unspecified atom stereocenters. The van der Waals surface area contributed by atoms with Crippen LogP contribution >= 0.6 is 0 Å². The Kier molecular flexibility index (Phi) is 0.618. The monoisotopic (exact) mass is 73.1 g/mol. The van der Waals surface area contributed by atoms with Crippen LogP contribution in [0.2, 0.25) is 0 Å². The molecular formula is C4H9N. The van der Waals surface area contributed by atoms with Gasteiger partial charge in [0.2, 0.25) is 0 Å². The molecular weight excluding hydrogens is 64.0 g/mol. The van der Waals surface area contributed by atoms with Crippen molar-refractivity contribution in [2.45, 2.75) is 18.9 Å². The van der Waals surface area contributed by atoms with Gasteiger partial charge in [-0.05, 0) is 19.9 Å². The maximum Gasteiger partial charge on any atom is 0.00652 e. The molecule has 0 aliphatic heterocycles. The molecule has 1 nitrogen and oxygen atoms in total. The summed E-state index contributed by atoms with van der Waals surface area (Å²) in [4.78, 5) is 0. The minimum Gasteiger partial charge on any atom is -0.317 e. The van der Waals surface area contributed by atoms with Gasteiger partial charge in [0.15, 0.2) is 0 Å². The van der Waals surface area contributed by atoms with Crippen molar-refractivity contribution in [3.05, 3.63) is 0 Å². The van der Waals surface area contributed by atoms with Gasteiger partial charge in [-0.15, -0.1) is 0 Å². The molecule has 0 saturated heterocycles. The molecule has 1 rings (SSSR count). The van der Waals surface area contributed by atoms with E-state index in [1.807, 2.05) is 7.05 Å². The van der Waals surface area contributed by atoms with E-state index in [0.29, 0.717) is 0 Å². The molecule has 0 aromatic heterocycles. The summed E-state index contributed by atoms with van der Waals surface area (Å²) < 4.78 is 0. The Morgan fingerprint density at radius 1 is 1.60 bits per heavy atom. The fourth-order valence-electron chi connectivity index (χ4n) is 0.372. The second-order valence-corrected chi connectivity index (χ2v) is 1.56. The molecule has 1 fully saturated rings. The van der Waals surface area contributed by atoms with E-state index in [9.17, 15) is 0 Å². The largest absolute Gasteiger partial charge is 0.317 e. The molecule has 0 radical (unpaired) electrons. The molecule has 1 aliphatic carbocycles. The molecule has 0 heterocycles. The Morgan fingerprint density at radius 2 is 2.20 bits per heavy atom. The Labute approximate surface area is 32.4 Å². The molecule has 0 spiro atoms. The highest BCUT2D eigenvalue weighted by atomic mass is 15.3. The van der Waals surface area contributed by atoms with Gasteiger partial charge in [0.25, 0.3) is 0 Å². The van der Waals surface area contributed by atoms with E-state index in [0.717, 1.165) is 6.04 Å². The Morgan fingerprint density at radius 3 is 2.20 bits per heavy atom. The molecule has 5 heavy (non-hydrogen) atoms. The lowest BCUT2D eigenvalue weighted by Gasteiger charge is -1.80. The summed E-state index contributed by atoms with van der Waals surface area (Å²) in [5.41, 5.74) is 0. The Bertz CT molecular complexity index is 30.6. The van der Waals surface area contributed by atoms with E-state index in [4.69, 9.17) is 0 Å². The lowest BCUT2D eigenvalue weighted by molar-refractivity contribution is 0.811. The second-order valence-electron chi connectivity index (χ2n) is 1.56. The summed E-state index contributed by atoms with van der Waals surface area (Å²) in [6.45, 7) is 0. The maximum atomic E-state index is 3.14. The van der Waals surface area contributed by atoms with Crippen LogP contribution in [0.1, 0.15) is 12.8 Å². The molecule has 1 atom stereocenters. The van der Waals surface area contributed by atoms with E-state index in [-0.39, 0.29) is 0 Å². The first-order chi connectivity index (χ1) is 2.43. The smallest absolute Gasteiger partial charge is 0.00652 e. The third kappa shape index (κ3) is 0.618. The van der Waals surface area contributed by atoms with Gasteiger partial charge in [0.05, 0.1) is 0 Å². The van der Waals surface area contributed by atoms with Crippen molar-refractivity contribution in [3.8, 4) is 0 Å². The third-order valence-corrected chi connectivity index (χ3v) is 0.986. The Balaban J connectivity index is 2.00. The molecule has 1 N–H and O–H groups in total. The molecule has 0 bridgehead atoms. The zero-order chi connectivity index (χ0) is 3.70. The Hall–Kier alpha value is -0.0400. The van der Waals surface area contributed by atoms with Crippen LogP contribution in [-0.2, 0) is 0 Å². The van der Waals surface area contributed by atoms with Crippen LogP contribution in [0.25, 0.3) is 0 Å². The number of hydrogen-bond donors (Lipinski definition) is 1. The fourth-order valence-corrected chi connectivity index (χ4v) is 0.372. The first-order valence-electron chi connectivity index (χ1n) is 2.11. The highest BCUT2D eigenvalue weighted by Crippen LogP contribution is 2.16. The van der Waals surface area contributed by atoms with E-state index >= 15 is 0 Å². The summed E-state index contributed by atoms with van der Waals surface area (Å²) in [7, 11) is 2.01. The van der Waals surface area contributed by atoms with Crippen molar-refractivity contribution in [1.29, 1.82) is 0 Å². The first-order valence-corrected chi connectivity index (χ1v) is 2.11. The van der Waals surface area contributed by atoms with Gasteiger partial charge < -0.3 is 5.32 Å². The predicted octanol–water partition coefficient (Wildman–Crippen LogP) is 0.368.